The van der Waals surface area contributed by atoms with Gasteiger partial charge < -0.3 is 20.3 Å². The lowest BCUT2D eigenvalue weighted by molar-refractivity contribution is -0.0734. The number of piperidine rings is 1. The van der Waals surface area contributed by atoms with E-state index in [0.717, 1.165) is 58.0 Å². The standard InChI is InChI=1S/C25H40ClFN2O3/c1-31-12-4-3-10-25(30,22-8-5-9-23(26)24(22)27)19-7-6-11-29(17-19)20(16-28)13-18-14-21(15-18)32-2/h5,8-9,18-21,30H,3-4,6-7,10-17,28H2,1-2H3/t18?,19-,20?,21?,25+/m1/s1. The second kappa shape index (κ2) is 12.1. The normalized spacial score (nSPS) is 27.0. The largest absolute Gasteiger partial charge is 0.385 e. The predicted octanol–water partition coefficient (Wildman–Crippen LogP) is 4.34. The lowest BCUT2D eigenvalue weighted by Gasteiger charge is -2.46. The molecule has 0 aromatic heterocycles. The average molecular weight is 471 g/mol. The van der Waals surface area contributed by atoms with Crippen LogP contribution in [0.2, 0.25) is 5.02 Å². The summed E-state index contributed by atoms with van der Waals surface area (Å²) in [6, 6.07) is 5.24. The van der Waals surface area contributed by atoms with Gasteiger partial charge in [-0.15, -0.1) is 0 Å². The molecule has 1 saturated carbocycles. The van der Waals surface area contributed by atoms with E-state index in [9.17, 15) is 5.11 Å². The third-order valence-electron chi connectivity index (χ3n) is 7.62. The number of rotatable bonds is 12. The highest BCUT2D eigenvalue weighted by Gasteiger charge is 2.43. The van der Waals surface area contributed by atoms with E-state index in [0.29, 0.717) is 37.2 Å². The second-order valence-electron chi connectivity index (χ2n) is 9.63. The van der Waals surface area contributed by atoms with Crippen molar-refractivity contribution >= 4 is 11.6 Å². The van der Waals surface area contributed by atoms with Gasteiger partial charge in [-0.1, -0.05) is 23.7 Å². The van der Waals surface area contributed by atoms with Crippen molar-refractivity contribution in [3.63, 3.8) is 0 Å². The Balaban J connectivity index is 1.75. The van der Waals surface area contributed by atoms with Crippen molar-refractivity contribution in [2.24, 2.45) is 17.6 Å². The number of hydrogen-bond acceptors (Lipinski definition) is 5. The third-order valence-corrected chi connectivity index (χ3v) is 7.91. The highest BCUT2D eigenvalue weighted by molar-refractivity contribution is 6.30. The third kappa shape index (κ3) is 6.02. The molecule has 0 amide bonds. The zero-order valence-electron chi connectivity index (χ0n) is 19.6. The minimum absolute atomic E-state index is 0.0583. The highest BCUT2D eigenvalue weighted by atomic mass is 35.5. The Morgan fingerprint density at radius 1 is 1.31 bits per heavy atom. The van der Waals surface area contributed by atoms with Crippen molar-refractivity contribution in [2.75, 3.05) is 40.5 Å². The van der Waals surface area contributed by atoms with Gasteiger partial charge >= 0.3 is 0 Å². The number of aliphatic hydroxyl groups is 1. The molecule has 3 rings (SSSR count). The maximum Gasteiger partial charge on any atom is 0.147 e. The summed E-state index contributed by atoms with van der Waals surface area (Å²) in [7, 11) is 3.45. The Hall–Kier alpha value is -0.760. The van der Waals surface area contributed by atoms with Crippen LogP contribution >= 0.6 is 11.6 Å². The molecule has 0 radical (unpaired) electrons. The number of likely N-dealkylation sites (tertiary alicyclic amines) is 1. The molecule has 3 N–H and O–H groups in total. The fourth-order valence-corrected chi connectivity index (χ4v) is 5.78. The van der Waals surface area contributed by atoms with Crippen LogP contribution in [0.4, 0.5) is 4.39 Å². The molecule has 2 aliphatic rings. The SMILES string of the molecule is COCCCC[C@@](O)(c1cccc(Cl)c1F)[C@@H]1CCCN(C(CN)CC2CC(OC)C2)C1. The van der Waals surface area contributed by atoms with Crippen molar-refractivity contribution in [1.29, 1.82) is 0 Å². The van der Waals surface area contributed by atoms with Crippen molar-refractivity contribution < 1.29 is 19.0 Å². The zero-order valence-corrected chi connectivity index (χ0v) is 20.3. The molecule has 7 heteroatoms. The molecule has 1 aromatic carbocycles. The van der Waals surface area contributed by atoms with Crippen LogP contribution in [0.1, 0.15) is 56.9 Å². The summed E-state index contributed by atoms with van der Waals surface area (Å²) in [6.07, 6.45) is 7.53. The first-order chi connectivity index (χ1) is 15.4. The number of methoxy groups -OCH3 is 2. The number of benzene rings is 1. The molecule has 1 heterocycles. The van der Waals surface area contributed by atoms with Gasteiger partial charge in [-0.2, -0.15) is 0 Å². The summed E-state index contributed by atoms with van der Waals surface area (Å²) >= 11 is 6.10. The minimum Gasteiger partial charge on any atom is -0.385 e. The lowest BCUT2D eigenvalue weighted by Crippen LogP contribution is -2.52. The van der Waals surface area contributed by atoms with E-state index in [2.05, 4.69) is 4.90 Å². The molecule has 5 nitrogen and oxygen atoms in total. The highest BCUT2D eigenvalue weighted by Crippen LogP contribution is 2.43. The number of hydrogen-bond donors (Lipinski definition) is 2. The number of ether oxygens (including phenoxy) is 2. The van der Waals surface area contributed by atoms with Crippen LogP contribution in [-0.2, 0) is 15.1 Å². The van der Waals surface area contributed by atoms with Gasteiger partial charge in [-0.3, -0.25) is 4.90 Å². The van der Waals surface area contributed by atoms with Gasteiger partial charge in [-0.25, -0.2) is 4.39 Å². The molecular formula is C25H40ClFN2O3. The molecule has 2 fully saturated rings. The minimum atomic E-state index is -1.27. The van der Waals surface area contributed by atoms with Crippen LogP contribution in [0.5, 0.6) is 0 Å². The van der Waals surface area contributed by atoms with E-state index < -0.39 is 11.4 Å². The maximum atomic E-state index is 15.1. The van der Waals surface area contributed by atoms with Crippen molar-refractivity contribution in [3.05, 3.63) is 34.6 Å². The Morgan fingerprint density at radius 3 is 2.78 bits per heavy atom. The molecule has 1 unspecified atom stereocenters. The van der Waals surface area contributed by atoms with Crippen molar-refractivity contribution in [2.45, 2.75) is 69.1 Å². The van der Waals surface area contributed by atoms with E-state index in [-0.39, 0.29) is 17.0 Å². The topological polar surface area (TPSA) is 68.0 Å². The molecular weight excluding hydrogens is 431 g/mol. The Morgan fingerprint density at radius 2 is 2.09 bits per heavy atom. The van der Waals surface area contributed by atoms with Gasteiger partial charge in [0.15, 0.2) is 0 Å². The van der Waals surface area contributed by atoms with Gasteiger partial charge in [0.2, 0.25) is 0 Å². The molecule has 32 heavy (non-hydrogen) atoms. The summed E-state index contributed by atoms with van der Waals surface area (Å²) in [5.41, 5.74) is 5.25. The van der Waals surface area contributed by atoms with Gasteiger partial charge in [0.25, 0.3) is 0 Å². The number of nitrogens with two attached hydrogens (primary N) is 1. The number of unbranched alkanes of at least 4 members (excludes halogenated alkanes) is 1. The summed E-state index contributed by atoms with van der Waals surface area (Å²) in [6.45, 7) is 2.91. The molecule has 0 spiro atoms. The first-order valence-corrected chi connectivity index (χ1v) is 12.4. The van der Waals surface area contributed by atoms with E-state index in [1.54, 1.807) is 26.4 Å². The van der Waals surface area contributed by atoms with Crippen LogP contribution in [-0.4, -0.2) is 62.6 Å². The summed E-state index contributed by atoms with van der Waals surface area (Å²) in [4.78, 5) is 2.43. The van der Waals surface area contributed by atoms with Crippen LogP contribution in [0.15, 0.2) is 18.2 Å². The predicted molar refractivity (Wildman–Crippen MR) is 126 cm³/mol. The lowest BCUT2D eigenvalue weighted by atomic mass is 9.73. The number of halogens is 2. The fourth-order valence-electron chi connectivity index (χ4n) is 5.60. The van der Waals surface area contributed by atoms with E-state index in [1.165, 1.54) is 6.07 Å². The van der Waals surface area contributed by atoms with Gasteiger partial charge in [0, 0.05) is 51.4 Å². The van der Waals surface area contributed by atoms with Crippen LogP contribution in [0.25, 0.3) is 0 Å². The van der Waals surface area contributed by atoms with E-state index in [1.807, 2.05) is 0 Å². The van der Waals surface area contributed by atoms with Crippen LogP contribution < -0.4 is 5.73 Å². The first kappa shape index (κ1) is 25.9. The Bertz CT molecular complexity index is 718. The molecule has 3 atom stereocenters. The van der Waals surface area contributed by atoms with Gasteiger partial charge in [0.05, 0.1) is 16.7 Å². The smallest absolute Gasteiger partial charge is 0.147 e. The average Bonchev–Trinajstić information content (AvgIpc) is 2.78. The molecule has 1 aromatic rings. The zero-order chi connectivity index (χ0) is 23.1. The van der Waals surface area contributed by atoms with Crippen molar-refractivity contribution in [1.82, 2.24) is 4.90 Å². The maximum absolute atomic E-state index is 15.1. The summed E-state index contributed by atoms with van der Waals surface area (Å²) in [5, 5.41) is 12.0. The summed E-state index contributed by atoms with van der Waals surface area (Å²) < 4.78 is 25.7. The fraction of sp³-hybridized carbons (Fsp3) is 0.760. The molecule has 1 aliphatic carbocycles. The van der Waals surface area contributed by atoms with Gasteiger partial charge in [-0.05, 0) is 69.9 Å². The van der Waals surface area contributed by atoms with E-state index in [4.69, 9.17) is 26.8 Å². The Labute approximate surface area is 197 Å². The summed E-state index contributed by atoms with van der Waals surface area (Å²) in [5.74, 6) is 0.0667. The number of nitrogens with zero attached hydrogens (tertiary/aromatic N) is 1. The molecule has 182 valence electrons. The molecule has 1 aliphatic heterocycles. The molecule has 0 bridgehead atoms. The quantitative estimate of drug-likeness (QED) is 0.445. The van der Waals surface area contributed by atoms with Gasteiger partial charge in [0.1, 0.15) is 5.82 Å². The first-order valence-electron chi connectivity index (χ1n) is 12.1. The Kier molecular flexibility index (Phi) is 9.77. The monoisotopic (exact) mass is 470 g/mol. The second-order valence-corrected chi connectivity index (χ2v) is 10.0. The molecule has 1 saturated heterocycles. The van der Waals surface area contributed by atoms with E-state index >= 15 is 4.39 Å². The van der Waals surface area contributed by atoms with Crippen molar-refractivity contribution in [3.8, 4) is 0 Å². The van der Waals surface area contributed by atoms with Crippen LogP contribution in [0, 0.1) is 17.7 Å². The van der Waals surface area contributed by atoms with Crippen LogP contribution in [0.3, 0.4) is 0 Å².